The molecule has 0 unspecified atom stereocenters. The van der Waals surface area contributed by atoms with Crippen molar-refractivity contribution in [2.75, 3.05) is 6.61 Å². The molecule has 0 amide bonds. The largest absolute Gasteiger partial charge is 0.462 e. The fourth-order valence-corrected chi connectivity index (χ4v) is 1.93. The van der Waals surface area contributed by atoms with Crippen molar-refractivity contribution in [1.29, 1.82) is 0 Å². The van der Waals surface area contributed by atoms with Crippen LogP contribution in [-0.2, 0) is 4.74 Å². The molecule has 2 rings (SSSR count). The van der Waals surface area contributed by atoms with Crippen LogP contribution in [0.2, 0.25) is 0 Å². The van der Waals surface area contributed by atoms with Crippen LogP contribution in [0.15, 0.2) is 27.6 Å². The Bertz CT molecular complexity index is 681. The first-order valence-electron chi connectivity index (χ1n) is 5.22. The Morgan fingerprint density at radius 3 is 2.89 bits per heavy atom. The van der Waals surface area contributed by atoms with Gasteiger partial charge in [0.25, 0.3) is 0 Å². The fraction of sp³-hybridized carbons (Fsp3) is 0.167. The van der Waals surface area contributed by atoms with Crippen LogP contribution in [0.1, 0.15) is 17.3 Å². The molecule has 0 saturated heterocycles. The van der Waals surface area contributed by atoms with Gasteiger partial charge in [0.05, 0.1) is 22.0 Å². The van der Waals surface area contributed by atoms with Crippen molar-refractivity contribution in [3.8, 4) is 0 Å². The number of pyridine rings is 1. The number of nitrogens with one attached hydrogen (secondary N) is 1. The lowest BCUT2D eigenvalue weighted by Gasteiger charge is -2.04. The molecule has 2 aromatic rings. The summed E-state index contributed by atoms with van der Waals surface area (Å²) in [5, 5.41) is -0.157. The van der Waals surface area contributed by atoms with Crippen molar-refractivity contribution in [2.24, 2.45) is 0 Å². The average Bonchev–Trinajstić information content (AvgIpc) is 2.34. The molecule has 1 heterocycles. The van der Waals surface area contributed by atoms with Gasteiger partial charge in [-0.2, -0.15) is 0 Å². The summed E-state index contributed by atoms with van der Waals surface area (Å²) in [6, 6.07) is 3.04. The van der Waals surface area contributed by atoms with E-state index in [1.54, 1.807) is 13.0 Å². The van der Waals surface area contributed by atoms with E-state index in [9.17, 15) is 14.0 Å². The molecule has 1 aromatic heterocycles. The first-order valence-corrected chi connectivity index (χ1v) is 6.02. The van der Waals surface area contributed by atoms with Crippen LogP contribution in [0.25, 0.3) is 10.9 Å². The lowest BCUT2D eigenvalue weighted by atomic mass is 10.1. The van der Waals surface area contributed by atoms with Gasteiger partial charge in [-0.1, -0.05) is 0 Å². The number of esters is 1. The zero-order chi connectivity index (χ0) is 13.3. The summed E-state index contributed by atoms with van der Waals surface area (Å²) >= 11 is 3.00. The van der Waals surface area contributed by atoms with Crippen LogP contribution in [0.3, 0.4) is 0 Å². The van der Waals surface area contributed by atoms with Gasteiger partial charge in [-0.15, -0.1) is 0 Å². The lowest BCUT2D eigenvalue weighted by Crippen LogP contribution is -2.19. The third kappa shape index (κ3) is 2.03. The summed E-state index contributed by atoms with van der Waals surface area (Å²) in [4.78, 5) is 26.3. The summed E-state index contributed by atoms with van der Waals surface area (Å²) in [5.41, 5.74) is -0.559. The molecule has 1 N–H and O–H groups in total. The number of carbonyl (C=O) groups excluding carboxylic acids is 1. The van der Waals surface area contributed by atoms with Crippen LogP contribution in [0, 0.1) is 5.82 Å². The quantitative estimate of drug-likeness (QED) is 0.867. The molecule has 0 radical (unpaired) electrons. The van der Waals surface area contributed by atoms with Gasteiger partial charge in [0.15, 0.2) is 5.82 Å². The first-order chi connectivity index (χ1) is 8.56. The van der Waals surface area contributed by atoms with Crippen molar-refractivity contribution in [1.82, 2.24) is 4.98 Å². The van der Waals surface area contributed by atoms with Crippen molar-refractivity contribution in [3.05, 3.63) is 44.4 Å². The van der Waals surface area contributed by atoms with Crippen molar-refractivity contribution >= 4 is 32.8 Å². The maximum Gasteiger partial charge on any atom is 0.343 e. The molecule has 4 nitrogen and oxygen atoms in total. The number of aromatic amines is 1. The highest BCUT2D eigenvalue weighted by Gasteiger charge is 2.17. The summed E-state index contributed by atoms with van der Waals surface area (Å²) in [5.74, 6) is -1.46. The molecule has 0 spiro atoms. The van der Waals surface area contributed by atoms with Gasteiger partial charge < -0.3 is 9.72 Å². The molecule has 0 aliphatic carbocycles. The number of aromatic nitrogens is 1. The zero-order valence-corrected chi connectivity index (χ0v) is 11.0. The van der Waals surface area contributed by atoms with Gasteiger partial charge in [0.1, 0.15) is 5.56 Å². The number of fused-ring (bicyclic) bond motifs is 1. The number of halogens is 2. The Morgan fingerprint density at radius 2 is 2.22 bits per heavy atom. The molecule has 94 valence electrons. The topological polar surface area (TPSA) is 59.2 Å². The van der Waals surface area contributed by atoms with Gasteiger partial charge >= 0.3 is 5.97 Å². The number of ether oxygens (including phenoxy) is 1. The Hall–Kier alpha value is -1.69. The normalized spacial score (nSPS) is 10.6. The van der Waals surface area contributed by atoms with Gasteiger partial charge in [0, 0.05) is 6.20 Å². The van der Waals surface area contributed by atoms with Crippen molar-refractivity contribution in [2.45, 2.75) is 6.92 Å². The Balaban J connectivity index is 2.74. The van der Waals surface area contributed by atoms with Crippen molar-refractivity contribution < 1.29 is 13.9 Å². The van der Waals surface area contributed by atoms with Gasteiger partial charge in [-0.3, -0.25) is 4.79 Å². The number of rotatable bonds is 2. The van der Waals surface area contributed by atoms with E-state index < -0.39 is 17.2 Å². The summed E-state index contributed by atoms with van der Waals surface area (Å²) < 4.78 is 18.8. The summed E-state index contributed by atoms with van der Waals surface area (Å²) in [6.45, 7) is 1.78. The highest BCUT2D eigenvalue weighted by atomic mass is 79.9. The van der Waals surface area contributed by atoms with E-state index in [0.29, 0.717) is 5.52 Å². The molecule has 0 aliphatic rings. The number of benzene rings is 1. The highest BCUT2D eigenvalue weighted by Crippen LogP contribution is 2.21. The van der Waals surface area contributed by atoms with Gasteiger partial charge in [-0.05, 0) is 35.0 Å². The standard InChI is InChI=1S/C12H9BrFNO3/c1-2-18-12(17)6-5-15-8-4-3-7(13)10(14)9(8)11(6)16/h3-5H,2H2,1H3,(H,15,16). The maximum atomic E-state index is 13.9. The number of hydrogen-bond acceptors (Lipinski definition) is 3. The van der Waals surface area contributed by atoms with Crippen LogP contribution >= 0.6 is 15.9 Å². The third-order valence-electron chi connectivity index (χ3n) is 2.43. The Labute approximate surface area is 110 Å². The number of carbonyl (C=O) groups is 1. The first kappa shape index (κ1) is 12.8. The van der Waals surface area contributed by atoms with E-state index in [2.05, 4.69) is 20.9 Å². The lowest BCUT2D eigenvalue weighted by molar-refractivity contribution is 0.0524. The van der Waals surface area contributed by atoms with E-state index in [4.69, 9.17) is 4.74 Å². The van der Waals surface area contributed by atoms with Gasteiger partial charge in [0.2, 0.25) is 5.43 Å². The molecule has 0 aliphatic heterocycles. The molecular weight excluding hydrogens is 305 g/mol. The monoisotopic (exact) mass is 313 g/mol. The van der Waals surface area contributed by atoms with Crippen LogP contribution in [0.4, 0.5) is 4.39 Å². The van der Waals surface area contributed by atoms with Crippen LogP contribution < -0.4 is 5.43 Å². The molecule has 0 atom stereocenters. The predicted molar refractivity (Wildman–Crippen MR) is 68.2 cm³/mol. The molecule has 1 aromatic carbocycles. The van der Waals surface area contributed by atoms with E-state index in [1.807, 2.05) is 0 Å². The molecule has 0 bridgehead atoms. The van der Waals surface area contributed by atoms with E-state index in [0.717, 1.165) is 0 Å². The molecule has 0 saturated carbocycles. The minimum Gasteiger partial charge on any atom is -0.462 e. The fourth-order valence-electron chi connectivity index (χ4n) is 1.60. The molecule has 6 heteroatoms. The van der Waals surface area contributed by atoms with Gasteiger partial charge in [-0.25, -0.2) is 9.18 Å². The predicted octanol–water partition coefficient (Wildman–Crippen LogP) is 2.61. The minimum atomic E-state index is -0.764. The maximum absolute atomic E-state index is 13.9. The molecule has 0 fully saturated rings. The minimum absolute atomic E-state index is 0.150. The van der Waals surface area contributed by atoms with Crippen LogP contribution in [-0.4, -0.2) is 17.6 Å². The molecule has 18 heavy (non-hydrogen) atoms. The Kier molecular flexibility index (Phi) is 3.47. The second-order valence-electron chi connectivity index (χ2n) is 3.54. The smallest absolute Gasteiger partial charge is 0.343 e. The molecular formula is C12H9BrFNO3. The average molecular weight is 314 g/mol. The second kappa shape index (κ2) is 4.89. The van der Waals surface area contributed by atoms with Crippen LogP contribution in [0.5, 0.6) is 0 Å². The summed E-state index contributed by atoms with van der Waals surface area (Å²) in [7, 11) is 0. The highest BCUT2D eigenvalue weighted by molar-refractivity contribution is 9.10. The SMILES string of the molecule is CCOC(=O)c1c[nH]c2ccc(Br)c(F)c2c1=O. The second-order valence-corrected chi connectivity index (χ2v) is 4.39. The number of H-pyrrole nitrogens is 1. The van der Waals surface area contributed by atoms with Crippen molar-refractivity contribution in [3.63, 3.8) is 0 Å². The number of hydrogen-bond donors (Lipinski definition) is 1. The van der Waals surface area contributed by atoms with E-state index in [1.165, 1.54) is 12.3 Å². The summed E-state index contributed by atoms with van der Waals surface area (Å²) in [6.07, 6.45) is 1.23. The third-order valence-corrected chi connectivity index (χ3v) is 3.05. The zero-order valence-electron chi connectivity index (χ0n) is 9.42. The van der Waals surface area contributed by atoms with E-state index >= 15 is 0 Å². The Morgan fingerprint density at radius 1 is 1.50 bits per heavy atom. The van der Waals surface area contributed by atoms with E-state index in [-0.39, 0.29) is 22.0 Å².